The van der Waals surface area contributed by atoms with E-state index in [4.69, 9.17) is 5.73 Å². The molecule has 5 heteroatoms. The van der Waals surface area contributed by atoms with Gasteiger partial charge in [0.25, 0.3) is 0 Å². The second-order valence-corrected chi connectivity index (χ2v) is 6.63. The zero-order valence-electron chi connectivity index (χ0n) is 13.6. The molecular weight excluding hydrogens is 288 g/mol. The first-order valence-electron chi connectivity index (χ1n) is 8.59. The SMILES string of the molecule is NC(=NCC(=O)N1CCC(Cc2ccccc2)CC1)NC1CC1. The van der Waals surface area contributed by atoms with Gasteiger partial charge in [-0.15, -0.1) is 0 Å². The molecule has 2 fully saturated rings. The molecule has 0 aromatic heterocycles. The van der Waals surface area contributed by atoms with Crippen LogP contribution in [0.4, 0.5) is 0 Å². The first-order valence-corrected chi connectivity index (χ1v) is 8.59. The van der Waals surface area contributed by atoms with Crippen LogP contribution in [0.25, 0.3) is 0 Å². The zero-order chi connectivity index (χ0) is 16.1. The number of nitrogens with two attached hydrogens (primary N) is 1. The predicted molar refractivity (Wildman–Crippen MR) is 92.1 cm³/mol. The third-order valence-electron chi connectivity index (χ3n) is 4.65. The van der Waals surface area contributed by atoms with Crippen molar-refractivity contribution in [3.8, 4) is 0 Å². The van der Waals surface area contributed by atoms with Crippen LogP contribution in [0.3, 0.4) is 0 Å². The molecule has 1 aliphatic carbocycles. The lowest BCUT2D eigenvalue weighted by molar-refractivity contribution is -0.130. The van der Waals surface area contributed by atoms with Crippen LogP contribution in [0, 0.1) is 5.92 Å². The molecule has 1 saturated carbocycles. The van der Waals surface area contributed by atoms with Crippen LogP contribution in [0.2, 0.25) is 0 Å². The molecule has 0 bridgehead atoms. The minimum Gasteiger partial charge on any atom is -0.370 e. The molecule has 0 spiro atoms. The van der Waals surface area contributed by atoms with Crippen LogP contribution in [0.5, 0.6) is 0 Å². The number of nitrogens with one attached hydrogen (secondary N) is 1. The Morgan fingerprint density at radius 3 is 2.52 bits per heavy atom. The first-order chi connectivity index (χ1) is 11.2. The van der Waals surface area contributed by atoms with Crippen LogP contribution < -0.4 is 11.1 Å². The van der Waals surface area contributed by atoms with Crippen molar-refractivity contribution >= 4 is 11.9 Å². The summed E-state index contributed by atoms with van der Waals surface area (Å²) in [4.78, 5) is 18.3. The van der Waals surface area contributed by atoms with Gasteiger partial charge >= 0.3 is 0 Å². The van der Waals surface area contributed by atoms with E-state index in [9.17, 15) is 4.79 Å². The molecule has 3 N–H and O–H groups in total. The molecule has 23 heavy (non-hydrogen) atoms. The molecule has 124 valence electrons. The lowest BCUT2D eigenvalue weighted by atomic mass is 9.90. The highest BCUT2D eigenvalue weighted by atomic mass is 16.2. The van der Waals surface area contributed by atoms with Crippen molar-refractivity contribution in [2.24, 2.45) is 16.6 Å². The standard InChI is InChI=1S/C18H26N4O/c19-18(21-16-6-7-16)20-13-17(23)22-10-8-15(9-11-22)12-14-4-2-1-3-5-14/h1-5,15-16H,6-13H2,(H3,19,20,21). The van der Waals surface area contributed by atoms with Gasteiger partial charge in [0, 0.05) is 19.1 Å². The average Bonchev–Trinajstić information content (AvgIpc) is 3.38. The number of nitrogens with zero attached hydrogens (tertiary/aromatic N) is 2. The van der Waals surface area contributed by atoms with Crippen molar-refractivity contribution in [1.82, 2.24) is 10.2 Å². The summed E-state index contributed by atoms with van der Waals surface area (Å²) < 4.78 is 0. The van der Waals surface area contributed by atoms with Gasteiger partial charge in [-0.2, -0.15) is 0 Å². The maximum Gasteiger partial charge on any atom is 0.244 e. The van der Waals surface area contributed by atoms with Gasteiger partial charge in [-0.3, -0.25) is 4.79 Å². The van der Waals surface area contributed by atoms with E-state index in [1.165, 1.54) is 5.56 Å². The summed E-state index contributed by atoms with van der Waals surface area (Å²) in [6.45, 7) is 1.83. The lowest BCUT2D eigenvalue weighted by Gasteiger charge is -2.31. The summed E-state index contributed by atoms with van der Waals surface area (Å²) in [6.07, 6.45) is 5.55. The number of piperidine rings is 1. The van der Waals surface area contributed by atoms with E-state index < -0.39 is 0 Å². The molecule has 3 rings (SSSR count). The smallest absolute Gasteiger partial charge is 0.244 e. The Kier molecular flexibility index (Phi) is 5.16. The minimum absolute atomic E-state index is 0.0868. The second-order valence-electron chi connectivity index (χ2n) is 6.63. The molecule has 1 aliphatic heterocycles. The van der Waals surface area contributed by atoms with E-state index in [0.717, 1.165) is 45.2 Å². The summed E-state index contributed by atoms with van der Waals surface area (Å²) >= 11 is 0. The van der Waals surface area contributed by atoms with Crippen molar-refractivity contribution in [3.05, 3.63) is 35.9 Å². The molecule has 0 radical (unpaired) electrons. The van der Waals surface area contributed by atoms with Gasteiger partial charge in [-0.05, 0) is 43.6 Å². The third kappa shape index (κ3) is 4.98. The van der Waals surface area contributed by atoms with Gasteiger partial charge in [-0.1, -0.05) is 30.3 Å². The normalized spacial score (nSPS) is 19.7. The number of benzene rings is 1. The van der Waals surface area contributed by atoms with Gasteiger partial charge in [0.1, 0.15) is 6.54 Å². The summed E-state index contributed by atoms with van der Waals surface area (Å²) in [7, 11) is 0. The predicted octanol–water partition coefficient (Wildman–Crippen LogP) is 1.53. The Hall–Kier alpha value is -2.04. The quantitative estimate of drug-likeness (QED) is 0.640. The van der Waals surface area contributed by atoms with Crippen LogP contribution >= 0.6 is 0 Å². The van der Waals surface area contributed by atoms with E-state index in [0.29, 0.717) is 17.9 Å². The largest absolute Gasteiger partial charge is 0.370 e. The number of rotatable bonds is 5. The van der Waals surface area contributed by atoms with Gasteiger partial charge in [-0.25, -0.2) is 4.99 Å². The maximum absolute atomic E-state index is 12.2. The molecule has 5 nitrogen and oxygen atoms in total. The summed E-state index contributed by atoms with van der Waals surface area (Å²) in [5, 5.41) is 3.10. The summed E-state index contributed by atoms with van der Waals surface area (Å²) in [5.41, 5.74) is 7.16. The van der Waals surface area contributed by atoms with Crippen LogP contribution in [-0.4, -0.2) is 42.4 Å². The number of hydrogen-bond acceptors (Lipinski definition) is 2. The second kappa shape index (κ2) is 7.49. The van der Waals surface area contributed by atoms with Gasteiger partial charge < -0.3 is 16.0 Å². The van der Waals surface area contributed by atoms with E-state index in [-0.39, 0.29) is 12.5 Å². The lowest BCUT2D eigenvalue weighted by Crippen LogP contribution is -2.41. The highest BCUT2D eigenvalue weighted by Crippen LogP contribution is 2.21. The van der Waals surface area contributed by atoms with Crippen LogP contribution in [-0.2, 0) is 11.2 Å². The highest BCUT2D eigenvalue weighted by molar-refractivity contribution is 5.84. The van der Waals surface area contributed by atoms with E-state index >= 15 is 0 Å². The number of amides is 1. The van der Waals surface area contributed by atoms with Crippen LogP contribution in [0.15, 0.2) is 35.3 Å². The fraction of sp³-hybridized carbons (Fsp3) is 0.556. The van der Waals surface area contributed by atoms with Crippen molar-refractivity contribution in [1.29, 1.82) is 0 Å². The minimum atomic E-state index is 0.0868. The highest BCUT2D eigenvalue weighted by Gasteiger charge is 2.23. The van der Waals surface area contributed by atoms with Crippen molar-refractivity contribution in [2.75, 3.05) is 19.6 Å². The Balaban J connectivity index is 1.40. The molecule has 1 amide bonds. The topological polar surface area (TPSA) is 70.7 Å². The number of likely N-dealkylation sites (tertiary alicyclic amines) is 1. The molecule has 1 aromatic rings. The fourth-order valence-electron chi connectivity index (χ4n) is 3.07. The van der Waals surface area contributed by atoms with E-state index in [2.05, 4.69) is 40.6 Å². The molecular formula is C18H26N4O. The molecule has 1 heterocycles. The van der Waals surface area contributed by atoms with Gasteiger partial charge in [0.15, 0.2) is 5.96 Å². The van der Waals surface area contributed by atoms with Crippen LogP contribution in [0.1, 0.15) is 31.2 Å². The summed E-state index contributed by atoms with van der Waals surface area (Å²) in [5.74, 6) is 1.16. The number of hydrogen-bond donors (Lipinski definition) is 2. The Morgan fingerprint density at radius 1 is 1.17 bits per heavy atom. The maximum atomic E-state index is 12.2. The fourth-order valence-corrected chi connectivity index (χ4v) is 3.07. The summed E-state index contributed by atoms with van der Waals surface area (Å²) in [6, 6.07) is 11.1. The van der Waals surface area contributed by atoms with Crippen molar-refractivity contribution in [2.45, 2.75) is 38.1 Å². The van der Waals surface area contributed by atoms with E-state index in [1.54, 1.807) is 0 Å². The Labute approximate surface area is 138 Å². The molecule has 2 aliphatic rings. The number of guanidine groups is 1. The van der Waals surface area contributed by atoms with Gasteiger partial charge in [0.2, 0.25) is 5.91 Å². The average molecular weight is 314 g/mol. The zero-order valence-corrected chi connectivity index (χ0v) is 13.6. The van der Waals surface area contributed by atoms with Crippen molar-refractivity contribution < 1.29 is 4.79 Å². The Morgan fingerprint density at radius 2 is 1.87 bits per heavy atom. The Bertz CT molecular complexity index is 545. The monoisotopic (exact) mass is 314 g/mol. The van der Waals surface area contributed by atoms with E-state index in [1.807, 2.05) is 4.90 Å². The van der Waals surface area contributed by atoms with Gasteiger partial charge in [0.05, 0.1) is 0 Å². The number of aliphatic imine (C=N–C) groups is 1. The molecule has 0 atom stereocenters. The first kappa shape index (κ1) is 15.8. The number of carbonyl (C=O) groups is 1. The van der Waals surface area contributed by atoms with Crippen molar-refractivity contribution in [3.63, 3.8) is 0 Å². The molecule has 1 saturated heterocycles. The molecule has 1 aromatic carbocycles. The third-order valence-corrected chi connectivity index (χ3v) is 4.65. The molecule has 0 unspecified atom stereocenters. The number of carbonyl (C=O) groups excluding carboxylic acids is 1.